The molecule has 0 fully saturated rings. The lowest BCUT2D eigenvalue weighted by molar-refractivity contribution is 0.262. The molecule has 7 heteroatoms. The topological polar surface area (TPSA) is 85.4 Å². The van der Waals surface area contributed by atoms with Crippen molar-refractivity contribution in [2.24, 2.45) is 0 Å². The van der Waals surface area contributed by atoms with E-state index in [9.17, 15) is 4.79 Å². The molecule has 0 spiro atoms. The molecule has 0 unspecified atom stereocenters. The molecule has 2 rings (SSSR count). The molecule has 2 N–H and O–H groups in total. The summed E-state index contributed by atoms with van der Waals surface area (Å²) in [6.07, 6.45) is 2.96. The molecule has 110 valence electrons. The zero-order valence-electron chi connectivity index (χ0n) is 11.8. The minimum absolute atomic E-state index is 0.276. The number of aromatic nitrogens is 2. The lowest BCUT2D eigenvalue weighted by Gasteiger charge is -2.08. The highest BCUT2D eigenvalue weighted by Crippen LogP contribution is 2.15. The average Bonchev–Trinajstić information content (AvgIpc) is 2.50. The quantitative estimate of drug-likeness (QED) is 0.883. The molecular formula is C14H16N4O3. The van der Waals surface area contributed by atoms with Crippen LogP contribution in [0, 0.1) is 0 Å². The molecule has 1 aromatic carbocycles. The van der Waals surface area contributed by atoms with Crippen molar-refractivity contribution in [1.29, 1.82) is 0 Å². The van der Waals surface area contributed by atoms with E-state index in [1.165, 1.54) is 12.4 Å². The Morgan fingerprint density at radius 2 is 1.71 bits per heavy atom. The predicted molar refractivity (Wildman–Crippen MR) is 78.8 cm³/mol. The van der Waals surface area contributed by atoms with Crippen LogP contribution in [0.3, 0.4) is 0 Å². The van der Waals surface area contributed by atoms with Gasteiger partial charge in [0.2, 0.25) is 0 Å². The summed E-state index contributed by atoms with van der Waals surface area (Å²) in [4.78, 5) is 19.7. The van der Waals surface area contributed by atoms with E-state index in [1.54, 1.807) is 31.4 Å². The fraction of sp³-hybridized carbons (Fsp3) is 0.214. The molecule has 0 radical (unpaired) electrons. The molecule has 0 saturated carbocycles. The normalized spacial score (nSPS) is 9.81. The van der Waals surface area contributed by atoms with E-state index >= 15 is 0 Å². The van der Waals surface area contributed by atoms with Crippen LogP contribution < -0.4 is 20.1 Å². The van der Waals surface area contributed by atoms with E-state index in [0.717, 1.165) is 5.75 Å². The van der Waals surface area contributed by atoms with Crippen molar-refractivity contribution in [3.63, 3.8) is 0 Å². The summed E-state index contributed by atoms with van der Waals surface area (Å²) in [6, 6.07) is 6.90. The Balaban J connectivity index is 1.91. The second kappa shape index (κ2) is 7.09. The Hall–Kier alpha value is -2.83. The van der Waals surface area contributed by atoms with Crippen LogP contribution in [-0.2, 0) is 0 Å². The first-order chi connectivity index (χ1) is 10.2. The third-order valence-electron chi connectivity index (χ3n) is 2.51. The molecule has 2 aromatic rings. The Labute approximate surface area is 122 Å². The first-order valence-electron chi connectivity index (χ1n) is 6.38. The third-order valence-corrected chi connectivity index (χ3v) is 2.51. The summed E-state index contributed by atoms with van der Waals surface area (Å²) in [5.41, 5.74) is 1.13. The van der Waals surface area contributed by atoms with E-state index in [1.807, 2.05) is 6.92 Å². The zero-order valence-corrected chi connectivity index (χ0v) is 11.8. The number of benzene rings is 1. The van der Waals surface area contributed by atoms with Gasteiger partial charge in [-0.25, -0.2) is 14.8 Å². The van der Waals surface area contributed by atoms with Gasteiger partial charge >= 0.3 is 12.0 Å². The van der Waals surface area contributed by atoms with Crippen LogP contribution in [-0.4, -0.2) is 29.7 Å². The zero-order chi connectivity index (χ0) is 15.1. The van der Waals surface area contributed by atoms with Crippen molar-refractivity contribution < 1.29 is 14.3 Å². The van der Waals surface area contributed by atoms with Crippen LogP contribution in [0.25, 0.3) is 0 Å². The van der Waals surface area contributed by atoms with Gasteiger partial charge in [0.25, 0.3) is 0 Å². The van der Waals surface area contributed by atoms with Crippen LogP contribution in [0.15, 0.2) is 36.7 Å². The number of anilines is 2. The standard InChI is InChI=1S/C14H16N4O3/c1-3-21-14-15-8-11(9-16-14)18-13(19)17-10-4-6-12(20-2)7-5-10/h4-9H,3H2,1-2H3,(H2,17,18,19). The second-order valence-corrected chi connectivity index (χ2v) is 3.99. The van der Waals surface area contributed by atoms with Crippen LogP contribution in [0.5, 0.6) is 11.8 Å². The Bertz CT molecular complexity index is 584. The van der Waals surface area contributed by atoms with Crippen molar-refractivity contribution in [3.05, 3.63) is 36.7 Å². The summed E-state index contributed by atoms with van der Waals surface area (Å²) in [5, 5.41) is 5.32. The molecular weight excluding hydrogens is 272 g/mol. The number of hydrogen-bond donors (Lipinski definition) is 2. The Morgan fingerprint density at radius 3 is 2.29 bits per heavy atom. The van der Waals surface area contributed by atoms with E-state index in [4.69, 9.17) is 9.47 Å². The van der Waals surface area contributed by atoms with Crippen molar-refractivity contribution >= 4 is 17.4 Å². The SMILES string of the molecule is CCOc1ncc(NC(=O)Nc2ccc(OC)cc2)cn1. The van der Waals surface area contributed by atoms with Crippen molar-refractivity contribution in [3.8, 4) is 11.8 Å². The smallest absolute Gasteiger partial charge is 0.323 e. The van der Waals surface area contributed by atoms with Crippen LogP contribution in [0.1, 0.15) is 6.92 Å². The first kappa shape index (κ1) is 14.6. The number of amides is 2. The third kappa shape index (κ3) is 4.34. The van der Waals surface area contributed by atoms with Gasteiger partial charge in [0.15, 0.2) is 0 Å². The van der Waals surface area contributed by atoms with Gasteiger partial charge in [0, 0.05) is 5.69 Å². The monoisotopic (exact) mass is 288 g/mol. The van der Waals surface area contributed by atoms with Gasteiger partial charge in [-0.1, -0.05) is 0 Å². The van der Waals surface area contributed by atoms with Gasteiger partial charge in [0.1, 0.15) is 5.75 Å². The maximum absolute atomic E-state index is 11.8. The summed E-state index contributed by atoms with van der Waals surface area (Å²) < 4.78 is 10.2. The fourth-order valence-corrected chi connectivity index (χ4v) is 1.55. The summed E-state index contributed by atoms with van der Waals surface area (Å²) in [6.45, 7) is 2.34. The van der Waals surface area contributed by atoms with Crippen LogP contribution in [0.4, 0.5) is 16.2 Å². The molecule has 0 aliphatic rings. The maximum Gasteiger partial charge on any atom is 0.323 e. The summed E-state index contributed by atoms with van der Waals surface area (Å²) in [5.74, 6) is 0.723. The summed E-state index contributed by atoms with van der Waals surface area (Å²) in [7, 11) is 1.58. The van der Waals surface area contributed by atoms with Crippen LogP contribution >= 0.6 is 0 Å². The van der Waals surface area contributed by atoms with Gasteiger partial charge < -0.3 is 20.1 Å². The predicted octanol–water partition coefficient (Wildman–Crippen LogP) is 2.53. The van der Waals surface area contributed by atoms with Gasteiger partial charge in [0.05, 0.1) is 31.8 Å². The molecule has 0 atom stereocenters. The lowest BCUT2D eigenvalue weighted by Crippen LogP contribution is -2.19. The number of nitrogens with one attached hydrogen (secondary N) is 2. The van der Waals surface area contributed by atoms with Crippen LogP contribution in [0.2, 0.25) is 0 Å². The Kier molecular flexibility index (Phi) is 4.92. The second-order valence-electron chi connectivity index (χ2n) is 3.99. The molecule has 21 heavy (non-hydrogen) atoms. The Morgan fingerprint density at radius 1 is 1.10 bits per heavy atom. The van der Waals surface area contributed by atoms with E-state index < -0.39 is 0 Å². The number of hydrogen-bond acceptors (Lipinski definition) is 5. The van der Waals surface area contributed by atoms with Crippen molar-refractivity contribution in [2.75, 3.05) is 24.4 Å². The summed E-state index contributed by atoms with van der Waals surface area (Å²) >= 11 is 0. The van der Waals surface area contributed by atoms with E-state index in [-0.39, 0.29) is 12.0 Å². The number of carbonyl (C=O) groups is 1. The lowest BCUT2D eigenvalue weighted by atomic mass is 10.3. The molecule has 7 nitrogen and oxygen atoms in total. The average molecular weight is 288 g/mol. The van der Waals surface area contributed by atoms with Crippen molar-refractivity contribution in [1.82, 2.24) is 9.97 Å². The van der Waals surface area contributed by atoms with E-state index in [0.29, 0.717) is 18.0 Å². The molecule has 1 heterocycles. The highest BCUT2D eigenvalue weighted by molar-refractivity contribution is 5.99. The molecule has 0 aliphatic carbocycles. The van der Waals surface area contributed by atoms with Gasteiger partial charge in [-0.15, -0.1) is 0 Å². The number of ether oxygens (including phenoxy) is 2. The molecule has 0 bridgehead atoms. The number of methoxy groups -OCH3 is 1. The largest absolute Gasteiger partial charge is 0.497 e. The minimum Gasteiger partial charge on any atom is -0.497 e. The first-order valence-corrected chi connectivity index (χ1v) is 6.38. The maximum atomic E-state index is 11.8. The molecule has 2 amide bonds. The number of rotatable bonds is 5. The molecule has 0 aliphatic heterocycles. The van der Waals surface area contributed by atoms with Gasteiger partial charge in [-0.3, -0.25) is 0 Å². The number of urea groups is 1. The van der Waals surface area contributed by atoms with Gasteiger partial charge in [-0.05, 0) is 31.2 Å². The highest BCUT2D eigenvalue weighted by Gasteiger charge is 2.04. The minimum atomic E-state index is -0.382. The van der Waals surface area contributed by atoms with Gasteiger partial charge in [-0.2, -0.15) is 0 Å². The number of nitrogens with zero attached hydrogens (tertiary/aromatic N) is 2. The number of carbonyl (C=O) groups excluding carboxylic acids is 1. The fourth-order valence-electron chi connectivity index (χ4n) is 1.55. The molecule has 1 aromatic heterocycles. The molecule has 0 saturated heterocycles. The van der Waals surface area contributed by atoms with Crippen molar-refractivity contribution in [2.45, 2.75) is 6.92 Å². The van der Waals surface area contributed by atoms with E-state index in [2.05, 4.69) is 20.6 Å². The highest BCUT2D eigenvalue weighted by atomic mass is 16.5.